The van der Waals surface area contributed by atoms with Crippen molar-refractivity contribution in [3.8, 4) is 16.9 Å². The van der Waals surface area contributed by atoms with Crippen molar-refractivity contribution in [2.24, 2.45) is 0 Å². The molecule has 0 unspecified atom stereocenters. The lowest BCUT2D eigenvalue weighted by Crippen LogP contribution is -2.14. The molecule has 3 aromatic rings. The van der Waals surface area contributed by atoms with Crippen LogP contribution >= 0.6 is 0 Å². The van der Waals surface area contributed by atoms with E-state index < -0.39 is 33.3 Å². The average Bonchev–Trinajstić information content (AvgIpc) is 3.07. The smallest absolute Gasteiger partial charge is 0.433 e. The summed E-state index contributed by atoms with van der Waals surface area (Å²) < 4.78 is 72.7. The number of aromatic nitrogens is 2. The van der Waals surface area contributed by atoms with Crippen LogP contribution in [0.1, 0.15) is 12.6 Å². The summed E-state index contributed by atoms with van der Waals surface area (Å²) in [6, 6.07) is 13.1. The normalized spacial score (nSPS) is 12.0. The Morgan fingerprint density at radius 3 is 2.29 bits per heavy atom. The largest absolute Gasteiger partial charge is 0.494 e. The molecule has 2 N–H and O–H groups in total. The number of ether oxygens (including phenoxy) is 1. The molecule has 0 radical (unpaired) electrons. The van der Waals surface area contributed by atoms with Crippen molar-refractivity contribution in [1.82, 2.24) is 10.2 Å². The Balaban J connectivity index is 2.06. The number of rotatable bonds is 6. The molecule has 0 aliphatic rings. The van der Waals surface area contributed by atoms with Gasteiger partial charge in [-0.2, -0.15) is 18.3 Å². The first-order valence-corrected chi connectivity index (χ1v) is 9.67. The van der Waals surface area contributed by atoms with Crippen LogP contribution in [0.2, 0.25) is 0 Å². The number of hydrogen-bond acceptors (Lipinski definition) is 4. The zero-order chi connectivity index (χ0) is 20.4. The van der Waals surface area contributed by atoms with Crippen molar-refractivity contribution in [1.29, 1.82) is 0 Å². The molecule has 0 spiro atoms. The third-order valence-corrected chi connectivity index (χ3v) is 5.14. The number of aromatic amines is 1. The molecule has 10 heteroatoms. The van der Waals surface area contributed by atoms with Gasteiger partial charge < -0.3 is 4.74 Å². The van der Waals surface area contributed by atoms with E-state index in [0.29, 0.717) is 12.4 Å². The van der Waals surface area contributed by atoms with Crippen molar-refractivity contribution in [2.75, 3.05) is 11.3 Å². The number of alkyl halides is 3. The molecule has 6 nitrogen and oxygen atoms in total. The topological polar surface area (TPSA) is 84.1 Å². The summed E-state index contributed by atoms with van der Waals surface area (Å²) in [5.74, 6) is 0.0371. The Labute approximate surface area is 159 Å². The first kappa shape index (κ1) is 19.7. The molecule has 1 aromatic heterocycles. The van der Waals surface area contributed by atoms with Gasteiger partial charge in [0.2, 0.25) is 0 Å². The van der Waals surface area contributed by atoms with E-state index in [1.165, 1.54) is 48.5 Å². The predicted octanol–water partition coefficient (Wildman–Crippen LogP) is 4.30. The van der Waals surface area contributed by atoms with Crippen LogP contribution in [0.15, 0.2) is 59.5 Å². The van der Waals surface area contributed by atoms with Gasteiger partial charge in [0.05, 0.1) is 17.1 Å². The van der Waals surface area contributed by atoms with Gasteiger partial charge in [0.1, 0.15) is 11.4 Å². The quantitative estimate of drug-likeness (QED) is 0.634. The van der Waals surface area contributed by atoms with Gasteiger partial charge in [-0.05, 0) is 36.8 Å². The first-order chi connectivity index (χ1) is 13.2. The van der Waals surface area contributed by atoms with Gasteiger partial charge in [-0.3, -0.25) is 9.82 Å². The molecule has 0 amide bonds. The number of anilines is 1. The summed E-state index contributed by atoms with van der Waals surface area (Å²) >= 11 is 0. The Morgan fingerprint density at radius 2 is 1.71 bits per heavy atom. The van der Waals surface area contributed by atoms with E-state index in [-0.39, 0.29) is 10.5 Å². The highest BCUT2D eigenvalue weighted by molar-refractivity contribution is 7.92. The third kappa shape index (κ3) is 4.11. The lowest BCUT2D eigenvalue weighted by atomic mass is 10.1. The van der Waals surface area contributed by atoms with E-state index in [0.717, 1.165) is 0 Å². The van der Waals surface area contributed by atoms with E-state index in [9.17, 15) is 21.6 Å². The maximum absolute atomic E-state index is 13.4. The van der Waals surface area contributed by atoms with Gasteiger partial charge in [0, 0.05) is 0 Å². The van der Waals surface area contributed by atoms with Gasteiger partial charge >= 0.3 is 6.18 Å². The van der Waals surface area contributed by atoms with Gasteiger partial charge in [0.15, 0.2) is 5.82 Å². The minimum Gasteiger partial charge on any atom is -0.494 e. The molecule has 0 saturated carbocycles. The summed E-state index contributed by atoms with van der Waals surface area (Å²) in [6.07, 6.45) is -4.75. The SMILES string of the molecule is CCOc1ccc(-c2c(NS(=O)(=O)c3ccccc3)n[nH]c2C(F)(F)F)cc1. The van der Waals surface area contributed by atoms with Crippen molar-refractivity contribution < 1.29 is 26.3 Å². The van der Waals surface area contributed by atoms with Gasteiger partial charge in [-0.15, -0.1) is 0 Å². The molecular weight excluding hydrogens is 395 g/mol. The lowest BCUT2D eigenvalue weighted by Gasteiger charge is -2.11. The minimum atomic E-state index is -4.75. The summed E-state index contributed by atoms with van der Waals surface area (Å²) in [4.78, 5) is -0.0933. The molecule has 0 atom stereocenters. The van der Waals surface area contributed by atoms with E-state index in [1.54, 1.807) is 13.0 Å². The van der Waals surface area contributed by atoms with Crippen LogP contribution in [-0.4, -0.2) is 25.2 Å². The highest BCUT2D eigenvalue weighted by Gasteiger charge is 2.38. The van der Waals surface area contributed by atoms with Crippen molar-refractivity contribution in [2.45, 2.75) is 18.0 Å². The number of hydrogen-bond donors (Lipinski definition) is 2. The van der Waals surface area contributed by atoms with Crippen LogP contribution < -0.4 is 9.46 Å². The van der Waals surface area contributed by atoms with Crippen LogP contribution in [0.3, 0.4) is 0 Å². The second kappa shape index (κ2) is 7.55. The standard InChI is InChI=1S/C18H16F3N3O3S/c1-2-27-13-10-8-12(9-11-13)15-16(18(19,20)21)22-23-17(15)24-28(25,26)14-6-4-3-5-7-14/h3-11H,2H2,1H3,(H2,22,23,24). The molecule has 0 saturated heterocycles. The lowest BCUT2D eigenvalue weighted by molar-refractivity contribution is -0.140. The number of halogens is 3. The Bertz CT molecular complexity index is 1050. The fourth-order valence-corrected chi connectivity index (χ4v) is 3.61. The molecule has 2 aromatic carbocycles. The Hall–Kier alpha value is -3.01. The number of sulfonamides is 1. The van der Waals surface area contributed by atoms with E-state index in [1.807, 2.05) is 5.10 Å². The second-order valence-electron chi connectivity index (χ2n) is 5.70. The fourth-order valence-electron chi connectivity index (χ4n) is 2.57. The van der Waals surface area contributed by atoms with Gasteiger partial charge in [0.25, 0.3) is 10.0 Å². The van der Waals surface area contributed by atoms with Crippen molar-refractivity contribution >= 4 is 15.8 Å². The number of nitrogens with zero attached hydrogens (tertiary/aromatic N) is 1. The maximum atomic E-state index is 13.4. The highest BCUT2D eigenvalue weighted by Crippen LogP contribution is 2.40. The van der Waals surface area contributed by atoms with E-state index in [4.69, 9.17) is 4.74 Å². The summed E-state index contributed by atoms with van der Waals surface area (Å²) in [6.45, 7) is 2.18. The molecule has 0 bridgehead atoms. The molecule has 1 heterocycles. The molecule has 0 aliphatic carbocycles. The zero-order valence-electron chi connectivity index (χ0n) is 14.6. The van der Waals surface area contributed by atoms with Crippen LogP contribution in [0.5, 0.6) is 5.75 Å². The first-order valence-electron chi connectivity index (χ1n) is 8.19. The number of nitrogens with one attached hydrogen (secondary N) is 2. The van der Waals surface area contributed by atoms with Gasteiger partial charge in [-0.1, -0.05) is 30.3 Å². The highest BCUT2D eigenvalue weighted by atomic mass is 32.2. The van der Waals surface area contributed by atoms with E-state index >= 15 is 0 Å². The summed E-state index contributed by atoms with van der Waals surface area (Å²) in [7, 11) is -4.12. The maximum Gasteiger partial charge on any atom is 0.433 e. The summed E-state index contributed by atoms with van der Waals surface area (Å²) in [5.41, 5.74) is -1.41. The van der Waals surface area contributed by atoms with Crippen LogP contribution in [0.4, 0.5) is 19.0 Å². The van der Waals surface area contributed by atoms with Crippen LogP contribution in [-0.2, 0) is 16.2 Å². The van der Waals surface area contributed by atoms with Crippen molar-refractivity contribution in [3.05, 3.63) is 60.3 Å². The van der Waals surface area contributed by atoms with Crippen molar-refractivity contribution in [3.63, 3.8) is 0 Å². The zero-order valence-corrected chi connectivity index (χ0v) is 15.4. The van der Waals surface area contributed by atoms with Gasteiger partial charge in [-0.25, -0.2) is 8.42 Å². The predicted molar refractivity (Wildman–Crippen MR) is 97.4 cm³/mol. The molecule has 0 fully saturated rings. The molecule has 3 rings (SSSR count). The van der Waals surface area contributed by atoms with Crippen LogP contribution in [0, 0.1) is 0 Å². The Kier molecular flexibility index (Phi) is 5.32. The van der Waals surface area contributed by atoms with E-state index in [2.05, 4.69) is 9.82 Å². The fraction of sp³-hybridized carbons (Fsp3) is 0.167. The number of H-pyrrole nitrogens is 1. The Morgan fingerprint density at radius 1 is 1.07 bits per heavy atom. The monoisotopic (exact) mass is 411 g/mol. The average molecular weight is 411 g/mol. The molecule has 0 aliphatic heterocycles. The third-order valence-electron chi connectivity index (χ3n) is 3.79. The number of benzene rings is 2. The minimum absolute atomic E-state index is 0.0933. The van der Waals surface area contributed by atoms with Crippen LogP contribution in [0.25, 0.3) is 11.1 Å². The second-order valence-corrected chi connectivity index (χ2v) is 7.38. The molecule has 148 valence electrons. The summed E-state index contributed by atoms with van der Waals surface area (Å²) in [5, 5.41) is 5.46. The molecular formula is C18H16F3N3O3S. The molecule has 28 heavy (non-hydrogen) atoms.